The Morgan fingerprint density at radius 2 is 2.00 bits per heavy atom. The van der Waals surface area contributed by atoms with E-state index in [1.165, 1.54) is 15.6 Å². The van der Waals surface area contributed by atoms with Crippen molar-refractivity contribution in [3.05, 3.63) is 15.8 Å². The van der Waals surface area contributed by atoms with E-state index in [1.54, 1.807) is 26.8 Å². The molecular formula is C12H19NO4S2. The molecule has 0 aliphatic heterocycles. The SMILES string of the molecule is Cc1cc(S(=O)(=O)N(CCC(=O)O)C(C)C)c(C)s1. The fraction of sp³-hybridized carbons (Fsp3) is 0.583. The summed E-state index contributed by atoms with van der Waals surface area (Å²) >= 11 is 1.43. The first-order valence-corrected chi connectivity index (χ1v) is 8.22. The first-order valence-electron chi connectivity index (χ1n) is 5.97. The van der Waals surface area contributed by atoms with Gasteiger partial charge in [0.2, 0.25) is 10.0 Å². The van der Waals surface area contributed by atoms with Gasteiger partial charge in [-0.15, -0.1) is 11.3 Å². The molecule has 7 heteroatoms. The third-order valence-corrected chi connectivity index (χ3v) is 6.00. The van der Waals surface area contributed by atoms with Crippen LogP contribution in [0, 0.1) is 13.8 Å². The van der Waals surface area contributed by atoms with E-state index in [9.17, 15) is 13.2 Å². The summed E-state index contributed by atoms with van der Waals surface area (Å²) in [4.78, 5) is 12.6. The van der Waals surface area contributed by atoms with Crippen molar-refractivity contribution in [1.29, 1.82) is 0 Å². The number of sulfonamides is 1. The van der Waals surface area contributed by atoms with E-state index < -0.39 is 16.0 Å². The van der Waals surface area contributed by atoms with Gasteiger partial charge in [-0.2, -0.15) is 4.31 Å². The molecule has 0 atom stereocenters. The number of hydrogen-bond acceptors (Lipinski definition) is 4. The smallest absolute Gasteiger partial charge is 0.304 e. The fourth-order valence-corrected chi connectivity index (χ4v) is 5.01. The van der Waals surface area contributed by atoms with Crippen LogP contribution in [0.2, 0.25) is 0 Å². The van der Waals surface area contributed by atoms with E-state index in [2.05, 4.69) is 0 Å². The minimum Gasteiger partial charge on any atom is -0.481 e. The second-order valence-electron chi connectivity index (χ2n) is 4.63. The van der Waals surface area contributed by atoms with Gasteiger partial charge in [0.15, 0.2) is 0 Å². The molecule has 0 aromatic carbocycles. The van der Waals surface area contributed by atoms with Gasteiger partial charge in [0.25, 0.3) is 0 Å². The Balaban J connectivity index is 3.13. The maximum Gasteiger partial charge on any atom is 0.304 e. The first kappa shape index (κ1) is 16.1. The molecule has 0 amide bonds. The Morgan fingerprint density at radius 3 is 2.37 bits per heavy atom. The van der Waals surface area contributed by atoms with E-state index >= 15 is 0 Å². The topological polar surface area (TPSA) is 74.7 Å². The second kappa shape index (κ2) is 6.02. The zero-order valence-corrected chi connectivity index (χ0v) is 13.1. The molecule has 19 heavy (non-hydrogen) atoms. The van der Waals surface area contributed by atoms with Crippen molar-refractivity contribution in [2.45, 2.75) is 45.1 Å². The van der Waals surface area contributed by atoms with Crippen LogP contribution in [0.5, 0.6) is 0 Å². The van der Waals surface area contributed by atoms with Gasteiger partial charge in [-0.25, -0.2) is 8.42 Å². The molecule has 0 unspecified atom stereocenters. The number of aryl methyl sites for hydroxylation is 2. The van der Waals surface area contributed by atoms with Gasteiger partial charge in [-0.3, -0.25) is 4.79 Å². The summed E-state index contributed by atoms with van der Waals surface area (Å²) < 4.78 is 26.4. The van der Waals surface area contributed by atoms with Crippen LogP contribution >= 0.6 is 11.3 Å². The molecule has 0 aliphatic rings. The second-order valence-corrected chi connectivity index (χ2v) is 7.95. The lowest BCUT2D eigenvalue weighted by Crippen LogP contribution is -2.38. The molecule has 0 aliphatic carbocycles. The normalized spacial score (nSPS) is 12.3. The van der Waals surface area contributed by atoms with Gasteiger partial charge >= 0.3 is 5.97 Å². The van der Waals surface area contributed by atoms with Crippen molar-refractivity contribution < 1.29 is 18.3 Å². The van der Waals surface area contributed by atoms with Crippen LogP contribution in [0.3, 0.4) is 0 Å². The van der Waals surface area contributed by atoms with Crippen LogP contribution in [0.1, 0.15) is 30.0 Å². The molecule has 1 aromatic rings. The van der Waals surface area contributed by atoms with Crippen molar-refractivity contribution in [2.24, 2.45) is 0 Å². The number of carbonyl (C=O) groups is 1. The summed E-state index contributed by atoms with van der Waals surface area (Å²) in [6.45, 7) is 7.10. The molecule has 108 valence electrons. The Kier molecular flexibility index (Phi) is 5.11. The molecular weight excluding hydrogens is 286 g/mol. The largest absolute Gasteiger partial charge is 0.481 e. The molecule has 0 spiro atoms. The lowest BCUT2D eigenvalue weighted by Gasteiger charge is -2.25. The molecule has 1 rings (SSSR count). The van der Waals surface area contributed by atoms with Gasteiger partial charge in [0.1, 0.15) is 0 Å². The van der Waals surface area contributed by atoms with Crippen LogP contribution in [-0.2, 0) is 14.8 Å². The van der Waals surface area contributed by atoms with Crippen LogP contribution in [0.15, 0.2) is 11.0 Å². The number of hydrogen-bond donors (Lipinski definition) is 1. The summed E-state index contributed by atoms with van der Waals surface area (Å²) in [7, 11) is -3.63. The summed E-state index contributed by atoms with van der Waals surface area (Å²) in [5, 5.41) is 8.72. The maximum atomic E-state index is 12.6. The number of carboxylic acids is 1. The number of rotatable bonds is 6. The molecule has 1 aromatic heterocycles. The van der Waals surface area contributed by atoms with Crippen LogP contribution in [0.4, 0.5) is 0 Å². The highest BCUT2D eigenvalue weighted by Gasteiger charge is 2.29. The highest BCUT2D eigenvalue weighted by atomic mass is 32.2. The third kappa shape index (κ3) is 3.77. The van der Waals surface area contributed by atoms with Gasteiger partial charge in [0.05, 0.1) is 11.3 Å². The molecule has 0 bridgehead atoms. The summed E-state index contributed by atoms with van der Waals surface area (Å²) in [6.07, 6.45) is -0.195. The highest BCUT2D eigenvalue weighted by Crippen LogP contribution is 2.28. The van der Waals surface area contributed by atoms with Crippen molar-refractivity contribution in [3.8, 4) is 0 Å². The molecule has 5 nitrogen and oxygen atoms in total. The Morgan fingerprint density at radius 1 is 1.42 bits per heavy atom. The van der Waals surface area contributed by atoms with Crippen molar-refractivity contribution in [1.82, 2.24) is 4.31 Å². The van der Waals surface area contributed by atoms with Crippen molar-refractivity contribution in [2.75, 3.05) is 6.54 Å². The van der Waals surface area contributed by atoms with Crippen LogP contribution in [-0.4, -0.2) is 36.4 Å². The zero-order chi connectivity index (χ0) is 14.8. The first-order chi connectivity index (χ1) is 8.66. The molecule has 1 heterocycles. The molecule has 0 saturated carbocycles. The zero-order valence-electron chi connectivity index (χ0n) is 11.5. The predicted molar refractivity (Wildman–Crippen MR) is 75.1 cm³/mol. The standard InChI is InChI=1S/C12H19NO4S2/c1-8(2)13(6-5-12(14)15)19(16,17)11-7-9(3)18-10(11)4/h7-8H,5-6H2,1-4H3,(H,14,15). The summed E-state index contributed by atoms with van der Waals surface area (Å²) in [5.41, 5.74) is 0. The average Bonchev–Trinajstić information content (AvgIpc) is 2.57. The lowest BCUT2D eigenvalue weighted by molar-refractivity contribution is -0.137. The maximum absolute atomic E-state index is 12.6. The van der Waals surface area contributed by atoms with Crippen molar-refractivity contribution in [3.63, 3.8) is 0 Å². The number of thiophene rings is 1. The Bertz CT molecular complexity index is 560. The van der Waals surface area contributed by atoms with E-state index in [1.807, 2.05) is 6.92 Å². The van der Waals surface area contributed by atoms with Gasteiger partial charge in [-0.05, 0) is 33.8 Å². The summed E-state index contributed by atoms with van der Waals surface area (Å²) in [5.74, 6) is -1.00. The van der Waals surface area contributed by atoms with Crippen molar-refractivity contribution >= 4 is 27.3 Å². The van der Waals surface area contributed by atoms with Gasteiger partial charge in [-0.1, -0.05) is 0 Å². The van der Waals surface area contributed by atoms with Gasteiger partial charge < -0.3 is 5.11 Å². The fourth-order valence-electron chi connectivity index (χ4n) is 1.85. The number of carboxylic acid groups (broad SMARTS) is 1. The van der Waals surface area contributed by atoms with E-state index in [0.29, 0.717) is 0 Å². The number of nitrogens with zero attached hydrogens (tertiary/aromatic N) is 1. The van der Waals surface area contributed by atoms with Crippen LogP contribution in [0.25, 0.3) is 0 Å². The Labute approximate surface area is 117 Å². The van der Waals surface area contributed by atoms with E-state index in [-0.39, 0.29) is 23.9 Å². The third-order valence-electron chi connectivity index (χ3n) is 2.70. The van der Waals surface area contributed by atoms with E-state index in [4.69, 9.17) is 5.11 Å². The average molecular weight is 305 g/mol. The predicted octanol–water partition coefficient (Wildman–Crippen LogP) is 2.24. The monoisotopic (exact) mass is 305 g/mol. The Hall–Kier alpha value is -0.920. The van der Waals surface area contributed by atoms with Crippen LogP contribution < -0.4 is 0 Å². The highest BCUT2D eigenvalue weighted by molar-refractivity contribution is 7.89. The van der Waals surface area contributed by atoms with E-state index in [0.717, 1.165) is 9.75 Å². The number of aliphatic carboxylic acids is 1. The quantitative estimate of drug-likeness (QED) is 0.874. The summed E-state index contributed by atoms with van der Waals surface area (Å²) in [6, 6.07) is 1.37. The molecule has 0 saturated heterocycles. The minimum atomic E-state index is -3.63. The molecule has 1 N–H and O–H groups in total. The molecule has 0 fully saturated rings. The van der Waals surface area contributed by atoms with Gasteiger partial charge in [0, 0.05) is 22.3 Å². The lowest BCUT2D eigenvalue weighted by atomic mass is 10.3. The molecule has 0 radical (unpaired) electrons. The minimum absolute atomic E-state index is 0.0103.